The summed E-state index contributed by atoms with van der Waals surface area (Å²) in [6, 6.07) is 11.2. The van der Waals surface area contributed by atoms with Crippen LogP contribution in [-0.4, -0.2) is 34.7 Å². The van der Waals surface area contributed by atoms with Gasteiger partial charge in [0, 0.05) is 23.7 Å². The largest absolute Gasteiger partial charge is 0.593 e. The summed E-state index contributed by atoms with van der Waals surface area (Å²) in [5.74, 6) is 0.00312. The van der Waals surface area contributed by atoms with Gasteiger partial charge in [0.2, 0.25) is 4.90 Å². The molecule has 2 aliphatic heterocycles. The SMILES string of the molecule is O=[S+]1([O-])NC2(CCCN(Cc3c(F)cccc3Cl)C2)COc2ccccc21. The number of benzene rings is 2. The van der Waals surface area contributed by atoms with Crippen molar-refractivity contribution in [1.82, 2.24) is 9.62 Å². The Morgan fingerprint density at radius 3 is 2.93 bits per heavy atom. The molecule has 2 aromatic rings. The number of fused-ring (bicyclic) bond motifs is 1. The molecule has 2 aromatic carbocycles. The molecule has 2 atom stereocenters. The molecule has 0 bridgehead atoms. The first kappa shape index (κ1) is 18.8. The average molecular weight is 411 g/mol. The molecule has 144 valence electrons. The second-order valence-electron chi connectivity index (χ2n) is 7.14. The number of hydrogen-bond donors (Lipinski definition) is 1. The molecule has 27 heavy (non-hydrogen) atoms. The highest BCUT2D eigenvalue weighted by atomic mass is 35.5. The van der Waals surface area contributed by atoms with Crippen molar-refractivity contribution in [2.24, 2.45) is 0 Å². The fourth-order valence-electron chi connectivity index (χ4n) is 3.85. The first-order valence-electron chi connectivity index (χ1n) is 8.80. The van der Waals surface area contributed by atoms with Gasteiger partial charge in [-0.15, -0.1) is 4.72 Å². The van der Waals surface area contributed by atoms with Crippen LogP contribution in [0.1, 0.15) is 18.4 Å². The minimum atomic E-state index is -3.70. The minimum absolute atomic E-state index is 0.149. The Kier molecular flexibility index (Phi) is 4.98. The molecule has 1 spiro atoms. The Bertz CT molecular complexity index is 892. The van der Waals surface area contributed by atoms with Crippen molar-refractivity contribution in [3.8, 4) is 5.75 Å². The van der Waals surface area contributed by atoms with E-state index in [0.717, 1.165) is 13.0 Å². The zero-order valence-electron chi connectivity index (χ0n) is 14.6. The van der Waals surface area contributed by atoms with E-state index in [1.807, 2.05) is 4.90 Å². The lowest BCUT2D eigenvalue weighted by Gasteiger charge is -2.41. The summed E-state index contributed by atoms with van der Waals surface area (Å²) in [4.78, 5) is 2.17. The third kappa shape index (κ3) is 3.75. The van der Waals surface area contributed by atoms with Crippen molar-refractivity contribution < 1.29 is 17.9 Å². The number of rotatable bonds is 2. The predicted molar refractivity (Wildman–Crippen MR) is 101 cm³/mol. The third-order valence-electron chi connectivity index (χ3n) is 5.09. The molecule has 0 aromatic heterocycles. The van der Waals surface area contributed by atoms with Gasteiger partial charge in [0.05, 0.1) is 0 Å². The molecular formula is C19H20ClFN2O3S. The smallest absolute Gasteiger partial charge is 0.216 e. The zero-order valence-corrected chi connectivity index (χ0v) is 16.2. The molecule has 1 fully saturated rings. The van der Waals surface area contributed by atoms with Crippen molar-refractivity contribution in [2.75, 3.05) is 19.7 Å². The normalized spacial score (nSPS) is 28.4. The van der Waals surface area contributed by atoms with Gasteiger partial charge in [0.25, 0.3) is 0 Å². The molecule has 1 N–H and O–H groups in total. The number of sulfonamides is 1. The maximum absolute atomic E-state index is 14.2. The van der Waals surface area contributed by atoms with Crippen molar-refractivity contribution in [3.05, 3.63) is 58.9 Å². The van der Waals surface area contributed by atoms with E-state index in [2.05, 4.69) is 4.72 Å². The van der Waals surface area contributed by atoms with Crippen LogP contribution < -0.4 is 9.46 Å². The van der Waals surface area contributed by atoms with Crippen molar-refractivity contribution in [2.45, 2.75) is 29.8 Å². The minimum Gasteiger partial charge on any atom is -0.593 e. The number of likely N-dealkylation sites (tertiary alicyclic amines) is 1. The number of hydrogen-bond acceptors (Lipinski definition) is 4. The van der Waals surface area contributed by atoms with Gasteiger partial charge in [-0.2, -0.15) is 0 Å². The van der Waals surface area contributed by atoms with E-state index in [1.165, 1.54) is 12.1 Å². The van der Waals surface area contributed by atoms with Gasteiger partial charge in [-0.1, -0.05) is 34.0 Å². The lowest BCUT2D eigenvalue weighted by atomic mass is 9.90. The molecule has 0 amide bonds. The summed E-state index contributed by atoms with van der Waals surface area (Å²) < 4.78 is 48.6. The van der Waals surface area contributed by atoms with Gasteiger partial charge in [-0.3, -0.25) is 4.90 Å². The summed E-state index contributed by atoms with van der Waals surface area (Å²) in [7, 11) is -3.70. The van der Waals surface area contributed by atoms with E-state index in [0.29, 0.717) is 35.8 Å². The number of nitrogens with one attached hydrogen (secondary N) is 1. The fraction of sp³-hybridized carbons (Fsp3) is 0.368. The lowest BCUT2D eigenvalue weighted by molar-refractivity contribution is 0.0885. The molecule has 2 unspecified atom stereocenters. The fourth-order valence-corrected chi connectivity index (χ4v) is 5.62. The van der Waals surface area contributed by atoms with Gasteiger partial charge in [0.15, 0.2) is 16.1 Å². The first-order chi connectivity index (χ1) is 12.9. The molecule has 2 heterocycles. The Labute approximate surface area is 163 Å². The summed E-state index contributed by atoms with van der Waals surface area (Å²) in [6.07, 6.45) is 1.43. The first-order valence-corrected chi connectivity index (χ1v) is 10.7. The molecule has 2 aliphatic rings. The quantitative estimate of drug-likeness (QED) is 0.771. The molecular weight excluding hydrogens is 391 g/mol. The standard InChI is InChI=1S/C19H20ClFN2O3S/c20-15-5-3-6-16(21)14(15)11-23-10-4-9-19(12-23)13-26-17-7-1-2-8-18(17)27(24,25)22-19/h1-3,5-8H,4,9-13H2,(H-,22,24,25). The third-order valence-corrected chi connectivity index (χ3v) is 7.07. The maximum Gasteiger partial charge on any atom is 0.216 e. The maximum atomic E-state index is 14.2. The number of para-hydroxylation sites is 1. The van der Waals surface area contributed by atoms with E-state index in [9.17, 15) is 13.2 Å². The highest BCUT2D eigenvalue weighted by Gasteiger charge is 2.46. The molecule has 4 rings (SSSR count). The molecule has 5 nitrogen and oxygen atoms in total. The highest BCUT2D eigenvalue weighted by Crippen LogP contribution is 2.35. The van der Waals surface area contributed by atoms with Crippen LogP contribution in [-0.2, 0) is 21.2 Å². The van der Waals surface area contributed by atoms with Crippen LogP contribution >= 0.6 is 11.6 Å². The Morgan fingerprint density at radius 1 is 1.30 bits per heavy atom. The molecule has 1 saturated heterocycles. The van der Waals surface area contributed by atoms with Crippen molar-refractivity contribution in [1.29, 1.82) is 0 Å². The van der Waals surface area contributed by atoms with E-state index in [-0.39, 0.29) is 17.3 Å². The van der Waals surface area contributed by atoms with E-state index >= 15 is 0 Å². The molecule has 0 aliphatic carbocycles. The molecule has 0 saturated carbocycles. The van der Waals surface area contributed by atoms with Crippen LogP contribution in [0.5, 0.6) is 5.75 Å². The summed E-state index contributed by atoms with van der Waals surface area (Å²) in [5.41, 5.74) is -0.328. The van der Waals surface area contributed by atoms with Gasteiger partial charge in [-0.05, 0) is 43.7 Å². The predicted octanol–water partition coefficient (Wildman–Crippen LogP) is 3.40. The van der Waals surface area contributed by atoms with Gasteiger partial charge in [-0.25, -0.2) is 4.39 Å². The lowest BCUT2D eigenvalue weighted by Crippen LogP contribution is -2.61. The van der Waals surface area contributed by atoms with Crippen LogP contribution in [0.15, 0.2) is 47.4 Å². The Balaban J connectivity index is 1.58. The van der Waals surface area contributed by atoms with Gasteiger partial charge in [0.1, 0.15) is 18.0 Å². The van der Waals surface area contributed by atoms with E-state index in [1.54, 1.807) is 30.3 Å². The van der Waals surface area contributed by atoms with Crippen LogP contribution in [0.2, 0.25) is 5.02 Å². The number of piperidine rings is 1. The van der Waals surface area contributed by atoms with Gasteiger partial charge >= 0.3 is 0 Å². The number of nitrogens with zero attached hydrogens (tertiary/aromatic N) is 1. The molecule has 8 heteroatoms. The summed E-state index contributed by atoms with van der Waals surface area (Å²) in [6.45, 7) is 1.71. The summed E-state index contributed by atoms with van der Waals surface area (Å²) >= 11 is 6.16. The van der Waals surface area contributed by atoms with E-state index in [4.69, 9.17) is 16.3 Å². The topological polar surface area (TPSA) is 64.6 Å². The van der Waals surface area contributed by atoms with Gasteiger partial charge < -0.3 is 9.29 Å². The van der Waals surface area contributed by atoms with Crippen molar-refractivity contribution >= 4 is 22.0 Å². The van der Waals surface area contributed by atoms with Crippen LogP contribution in [0, 0.1) is 5.82 Å². The average Bonchev–Trinajstić information content (AvgIpc) is 2.73. The Hall–Kier alpha value is -1.51. The second-order valence-corrected chi connectivity index (χ2v) is 9.19. The van der Waals surface area contributed by atoms with Crippen molar-refractivity contribution in [3.63, 3.8) is 0 Å². The van der Waals surface area contributed by atoms with E-state index < -0.39 is 15.9 Å². The second kappa shape index (κ2) is 7.14. The highest BCUT2D eigenvalue weighted by molar-refractivity contribution is 7.96. The number of halogens is 2. The Morgan fingerprint density at radius 2 is 2.11 bits per heavy atom. The summed E-state index contributed by atoms with van der Waals surface area (Å²) in [5, 5.41) is 0.375. The van der Waals surface area contributed by atoms with Crippen LogP contribution in [0.3, 0.4) is 0 Å². The molecule has 0 radical (unpaired) electrons. The van der Waals surface area contributed by atoms with Crippen LogP contribution in [0.4, 0.5) is 4.39 Å². The van der Waals surface area contributed by atoms with Crippen LogP contribution in [0.25, 0.3) is 0 Å². The zero-order chi connectivity index (χ0) is 19.1. The monoisotopic (exact) mass is 410 g/mol. The number of ether oxygens (including phenoxy) is 1.